The third-order valence-electron chi connectivity index (χ3n) is 4.15. The zero-order chi connectivity index (χ0) is 19.3. The Labute approximate surface area is 153 Å². The largest absolute Gasteiger partial charge is 0.444 e. The van der Waals surface area contributed by atoms with Gasteiger partial charge in [0.15, 0.2) is 0 Å². The van der Waals surface area contributed by atoms with Crippen molar-refractivity contribution in [3.63, 3.8) is 0 Å². The maximum atomic E-state index is 12.6. The molecule has 3 amide bonds. The molecular weight excluding hydrogens is 334 g/mol. The van der Waals surface area contributed by atoms with E-state index in [0.29, 0.717) is 24.9 Å². The molecular formula is C19H27N3O4. The Balaban J connectivity index is 2.02. The number of primary amides is 1. The Hall–Kier alpha value is -2.57. The van der Waals surface area contributed by atoms with Gasteiger partial charge in [0.05, 0.1) is 5.92 Å². The highest BCUT2D eigenvalue weighted by Gasteiger charge is 2.32. The van der Waals surface area contributed by atoms with Crippen LogP contribution in [0.2, 0.25) is 0 Å². The highest BCUT2D eigenvalue weighted by atomic mass is 16.6. The van der Waals surface area contributed by atoms with Crippen LogP contribution in [0.1, 0.15) is 45.2 Å². The lowest BCUT2D eigenvalue weighted by Crippen LogP contribution is -2.48. The molecule has 1 aromatic rings. The Morgan fingerprint density at radius 2 is 1.88 bits per heavy atom. The predicted molar refractivity (Wildman–Crippen MR) is 97.1 cm³/mol. The van der Waals surface area contributed by atoms with E-state index in [4.69, 9.17) is 10.5 Å². The van der Waals surface area contributed by atoms with Gasteiger partial charge < -0.3 is 20.7 Å². The summed E-state index contributed by atoms with van der Waals surface area (Å²) >= 11 is 0. The summed E-state index contributed by atoms with van der Waals surface area (Å²) in [6, 6.07) is 7.97. The summed E-state index contributed by atoms with van der Waals surface area (Å²) in [5.74, 6) is -1.31. The van der Waals surface area contributed by atoms with Crippen LogP contribution in [0, 0.1) is 5.92 Å². The van der Waals surface area contributed by atoms with E-state index in [1.165, 1.54) is 0 Å². The standard InChI is InChI=1S/C19H27N3O4/c1-19(2,3)26-18(25)22-11-7-10-14(12-22)17(24)21-15(16(20)23)13-8-5-4-6-9-13/h4-6,8-9,14-15H,7,10-12H2,1-3H3,(H2,20,23)(H,21,24)/t14-,15+/m0/s1. The van der Waals surface area contributed by atoms with Gasteiger partial charge in [-0.1, -0.05) is 30.3 Å². The molecule has 0 spiro atoms. The fourth-order valence-electron chi connectivity index (χ4n) is 2.91. The van der Waals surface area contributed by atoms with Crippen molar-refractivity contribution in [3.05, 3.63) is 35.9 Å². The molecule has 1 fully saturated rings. The summed E-state index contributed by atoms with van der Waals surface area (Å²) in [4.78, 5) is 38.2. The van der Waals surface area contributed by atoms with Gasteiger partial charge in [0, 0.05) is 13.1 Å². The lowest BCUT2D eigenvalue weighted by molar-refractivity contribution is -0.131. The fourth-order valence-corrected chi connectivity index (χ4v) is 2.91. The number of nitrogens with one attached hydrogen (secondary N) is 1. The second-order valence-electron chi connectivity index (χ2n) is 7.52. The molecule has 7 nitrogen and oxygen atoms in total. The lowest BCUT2D eigenvalue weighted by Gasteiger charge is -2.34. The second kappa shape index (κ2) is 8.21. The first-order valence-corrected chi connectivity index (χ1v) is 8.80. The van der Waals surface area contributed by atoms with Crippen LogP contribution in [-0.2, 0) is 14.3 Å². The molecule has 1 heterocycles. The zero-order valence-electron chi connectivity index (χ0n) is 15.5. The van der Waals surface area contributed by atoms with Crippen molar-refractivity contribution in [3.8, 4) is 0 Å². The van der Waals surface area contributed by atoms with Crippen LogP contribution < -0.4 is 11.1 Å². The van der Waals surface area contributed by atoms with E-state index in [9.17, 15) is 14.4 Å². The number of ether oxygens (including phenoxy) is 1. The highest BCUT2D eigenvalue weighted by molar-refractivity contribution is 5.88. The van der Waals surface area contributed by atoms with Crippen LogP contribution in [0.4, 0.5) is 4.79 Å². The molecule has 2 atom stereocenters. The number of carbonyl (C=O) groups is 3. The summed E-state index contributed by atoms with van der Waals surface area (Å²) in [7, 11) is 0. The third kappa shape index (κ3) is 5.47. The number of benzene rings is 1. The van der Waals surface area contributed by atoms with Crippen molar-refractivity contribution in [1.82, 2.24) is 10.2 Å². The Morgan fingerprint density at radius 3 is 2.46 bits per heavy atom. The summed E-state index contributed by atoms with van der Waals surface area (Å²) in [5.41, 5.74) is 5.50. The van der Waals surface area contributed by atoms with Gasteiger partial charge in [0.25, 0.3) is 0 Å². The SMILES string of the molecule is CC(C)(C)OC(=O)N1CCC[C@H](C(=O)N[C@@H](C(N)=O)c2ccccc2)C1. The minimum atomic E-state index is -0.888. The van der Waals surface area contributed by atoms with E-state index < -0.39 is 29.6 Å². The molecule has 0 aromatic heterocycles. The van der Waals surface area contributed by atoms with Gasteiger partial charge in [-0.15, -0.1) is 0 Å². The fraction of sp³-hybridized carbons (Fsp3) is 0.526. The van der Waals surface area contributed by atoms with Gasteiger partial charge in [0.2, 0.25) is 11.8 Å². The Bertz CT molecular complexity index is 654. The number of carbonyl (C=O) groups excluding carboxylic acids is 3. The van der Waals surface area contributed by atoms with Crippen LogP contribution in [-0.4, -0.2) is 41.5 Å². The first-order valence-electron chi connectivity index (χ1n) is 8.80. The quantitative estimate of drug-likeness (QED) is 0.856. The molecule has 0 bridgehead atoms. The van der Waals surface area contributed by atoms with Crippen molar-refractivity contribution in [1.29, 1.82) is 0 Å². The van der Waals surface area contributed by atoms with E-state index >= 15 is 0 Å². The number of nitrogens with two attached hydrogens (primary N) is 1. The molecule has 0 aliphatic carbocycles. The molecule has 0 unspecified atom stereocenters. The number of hydrogen-bond acceptors (Lipinski definition) is 4. The summed E-state index contributed by atoms with van der Waals surface area (Å²) in [5, 5.41) is 2.72. The summed E-state index contributed by atoms with van der Waals surface area (Å²) in [6.07, 6.45) is 0.916. The van der Waals surface area contributed by atoms with Crippen LogP contribution in [0.25, 0.3) is 0 Å². The highest BCUT2D eigenvalue weighted by Crippen LogP contribution is 2.21. The van der Waals surface area contributed by atoms with Gasteiger partial charge in [-0.2, -0.15) is 0 Å². The minimum absolute atomic E-state index is 0.265. The first-order chi connectivity index (χ1) is 12.2. The van der Waals surface area contributed by atoms with E-state index in [1.807, 2.05) is 6.07 Å². The molecule has 3 N–H and O–H groups in total. The monoisotopic (exact) mass is 361 g/mol. The van der Waals surface area contributed by atoms with Crippen LogP contribution in [0.3, 0.4) is 0 Å². The van der Waals surface area contributed by atoms with E-state index in [-0.39, 0.29) is 12.5 Å². The topological polar surface area (TPSA) is 102 Å². The van der Waals surface area contributed by atoms with Gasteiger partial charge >= 0.3 is 6.09 Å². The average Bonchev–Trinajstić information content (AvgIpc) is 2.58. The van der Waals surface area contributed by atoms with Gasteiger partial charge in [-0.3, -0.25) is 9.59 Å². The molecule has 1 saturated heterocycles. The normalized spacial score (nSPS) is 18.7. The number of nitrogens with zero attached hydrogens (tertiary/aromatic N) is 1. The lowest BCUT2D eigenvalue weighted by atomic mass is 9.96. The number of piperidine rings is 1. The van der Waals surface area contributed by atoms with Gasteiger partial charge in [-0.25, -0.2) is 4.79 Å². The second-order valence-corrected chi connectivity index (χ2v) is 7.52. The molecule has 7 heteroatoms. The maximum absolute atomic E-state index is 12.6. The smallest absolute Gasteiger partial charge is 0.410 e. The van der Waals surface area contributed by atoms with Crippen LogP contribution in [0.5, 0.6) is 0 Å². The van der Waals surface area contributed by atoms with E-state index in [1.54, 1.807) is 49.9 Å². The van der Waals surface area contributed by atoms with Crippen LogP contribution in [0.15, 0.2) is 30.3 Å². The first kappa shape index (κ1) is 19.8. The predicted octanol–water partition coefficient (Wildman–Crippen LogP) is 1.98. The molecule has 1 aliphatic heterocycles. The summed E-state index contributed by atoms with van der Waals surface area (Å²) < 4.78 is 5.38. The molecule has 142 valence electrons. The molecule has 1 aliphatic rings. The molecule has 0 saturated carbocycles. The Morgan fingerprint density at radius 1 is 1.23 bits per heavy atom. The van der Waals surface area contributed by atoms with Gasteiger partial charge in [0.1, 0.15) is 11.6 Å². The van der Waals surface area contributed by atoms with Crippen molar-refractivity contribution in [2.24, 2.45) is 11.7 Å². The molecule has 2 rings (SSSR count). The van der Waals surface area contributed by atoms with Crippen molar-refractivity contribution in [2.75, 3.05) is 13.1 Å². The minimum Gasteiger partial charge on any atom is -0.444 e. The number of rotatable bonds is 4. The molecule has 0 radical (unpaired) electrons. The molecule has 26 heavy (non-hydrogen) atoms. The van der Waals surface area contributed by atoms with E-state index in [0.717, 1.165) is 0 Å². The summed E-state index contributed by atoms with van der Waals surface area (Å²) in [6.45, 7) is 6.22. The number of likely N-dealkylation sites (tertiary alicyclic amines) is 1. The van der Waals surface area contributed by atoms with Crippen LogP contribution >= 0.6 is 0 Å². The van der Waals surface area contributed by atoms with Crippen molar-refractivity contribution >= 4 is 17.9 Å². The van der Waals surface area contributed by atoms with E-state index in [2.05, 4.69) is 5.32 Å². The number of amides is 3. The van der Waals surface area contributed by atoms with Crippen molar-refractivity contribution in [2.45, 2.75) is 45.3 Å². The average molecular weight is 361 g/mol. The maximum Gasteiger partial charge on any atom is 0.410 e. The Kier molecular flexibility index (Phi) is 6.23. The molecule has 1 aromatic carbocycles. The number of hydrogen-bond donors (Lipinski definition) is 2. The zero-order valence-corrected chi connectivity index (χ0v) is 15.5. The van der Waals surface area contributed by atoms with Crippen molar-refractivity contribution < 1.29 is 19.1 Å². The third-order valence-corrected chi connectivity index (χ3v) is 4.15. The van der Waals surface area contributed by atoms with Gasteiger partial charge in [-0.05, 0) is 39.2 Å².